The summed E-state index contributed by atoms with van der Waals surface area (Å²) in [5.41, 5.74) is 2.70. The van der Waals surface area contributed by atoms with Crippen molar-refractivity contribution < 1.29 is 23.8 Å². The molecule has 1 fully saturated rings. The fourth-order valence-electron chi connectivity index (χ4n) is 3.39. The van der Waals surface area contributed by atoms with Crippen LogP contribution in [0.2, 0.25) is 0 Å². The largest absolute Gasteiger partial charge is 0.488 e. The number of likely N-dealkylation sites (N-methyl/N-ethyl adjacent to an activating group) is 1. The molecule has 0 spiro atoms. The van der Waals surface area contributed by atoms with E-state index in [4.69, 9.17) is 4.74 Å². The lowest BCUT2D eigenvalue weighted by atomic mass is 10.1. The van der Waals surface area contributed by atoms with E-state index >= 15 is 0 Å². The maximum Gasteiger partial charge on any atom is 0.336 e. The minimum absolute atomic E-state index is 0.171. The zero-order chi connectivity index (χ0) is 25.1. The van der Waals surface area contributed by atoms with Gasteiger partial charge in [0.2, 0.25) is 0 Å². The first-order valence-electron chi connectivity index (χ1n) is 10.5. The van der Waals surface area contributed by atoms with Gasteiger partial charge in [-0.1, -0.05) is 24.3 Å². The zero-order valence-electron chi connectivity index (χ0n) is 18.8. The number of carbonyl (C=O) groups is 2. The third-order valence-electron chi connectivity index (χ3n) is 5.29. The summed E-state index contributed by atoms with van der Waals surface area (Å²) in [6.45, 7) is 1.91. The van der Waals surface area contributed by atoms with Crippen LogP contribution in [0.1, 0.15) is 27.0 Å². The molecule has 1 N–H and O–H groups in total. The number of amidine groups is 1. The Kier molecular flexibility index (Phi) is 7.37. The SMILES string of the molecule is Cc1c(N=C2S/C(=C\c3ccc(OCc4cccc(F)c4)c(Br)c3)C(=O)N2C)cccc1C(=O)O. The van der Waals surface area contributed by atoms with Gasteiger partial charge in [0.1, 0.15) is 18.2 Å². The molecule has 0 aliphatic carbocycles. The first kappa shape index (κ1) is 24.7. The smallest absolute Gasteiger partial charge is 0.336 e. The first-order chi connectivity index (χ1) is 16.7. The van der Waals surface area contributed by atoms with Crippen LogP contribution in [0.4, 0.5) is 10.1 Å². The second kappa shape index (κ2) is 10.5. The number of ether oxygens (including phenoxy) is 1. The second-order valence-corrected chi connectivity index (χ2v) is 9.60. The highest BCUT2D eigenvalue weighted by atomic mass is 79.9. The Hall–Kier alpha value is -3.43. The molecule has 1 saturated heterocycles. The fraction of sp³-hybridized carbons (Fsp3) is 0.115. The van der Waals surface area contributed by atoms with E-state index in [-0.39, 0.29) is 23.9 Å². The number of carbonyl (C=O) groups excluding carboxylic acids is 1. The summed E-state index contributed by atoms with van der Waals surface area (Å²) in [5, 5.41) is 9.80. The van der Waals surface area contributed by atoms with E-state index in [1.54, 1.807) is 50.4 Å². The molecule has 9 heteroatoms. The number of benzene rings is 3. The van der Waals surface area contributed by atoms with E-state index < -0.39 is 5.97 Å². The monoisotopic (exact) mass is 554 g/mol. The molecule has 0 aromatic heterocycles. The summed E-state index contributed by atoms with van der Waals surface area (Å²) in [4.78, 5) is 30.7. The average Bonchev–Trinajstić information content (AvgIpc) is 3.07. The Morgan fingerprint density at radius 1 is 1.20 bits per heavy atom. The van der Waals surface area contributed by atoms with Crippen LogP contribution in [-0.2, 0) is 11.4 Å². The number of thioether (sulfide) groups is 1. The molecule has 0 radical (unpaired) electrons. The Bertz CT molecular complexity index is 1390. The number of aromatic carboxylic acids is 1. The molecule has 0 unspecified atom stereocenters. The maximum absolute atomic E-state index is 13.4. The van der Waals surface area contributed by atoms with Gasteiger partial charge >= 0.3 is 5.97 Å². The molecular weight excluding hydrogens is 535 g/mol. The number of aliphatic imine (C=N–C) groups is 1. The predicted molar refractivity (Wildman–Crippen MR) is 138 cm³/mol. The topological polar surface area (TPSA) is 79.2 Å². The molecule has 35 heavy (non-hydrogen) atoms. The van der Waals surface area contributed by atoms with Crippen LogP contribution in [0.3, 0.4) is 0 Å². The molecule has 3 aromatic carbocycles. The van der Waals surface area contributed by atoms with Crippen molar-refractivity contribution in [2.45, 2.75) is 13.5 Å². The van der Waals surface area contributed by atoms with Crippen molar-refractivity contribution in [3.63, 3.8) is 0 Å². The zero-order valence-corrected chi connectivity index (χ0v) is 21.2. The third-order valence-corrected chi connectivity index (χ3v) is 6.97. The molecule has 178 valence electrons. The number of nitrogens with zero attached hydrogens (tertiary/aromatic N) is 2. The number of halogens is 2. The van der Waals surface area contributed by atoms with Crippen molar-refractivity contribution in [3.8, 4) is 5.75 Å². The summed E-state index contributed by atoms with van der Waals surface area (Å²) >= 11 is 4.71. The normalized spacial score (nSPS) is 15.8. The van der Waals surface area contributed by atoms with E-state index in [0.717, 1.165) is 11.1 Å². The highest BCUT2D eigenvalue weighted by Crippen LogP contribution is 2.35. The maximum atomic E-state index is 13.4. The van der Waals surface area contributed by atoms with Gasteiger partial charge in [0.15, 0.2) is 5.17 Å². The number of carboxylic acid groups (broad SMARTS) is 1. The fourth-order valence-corrected chi connectivity index (χ4v) is 4.88. The van der Waals surface area contributed by atoms with Gasteiger partial charge in [-0.25, -0.2) is 14.2 Å². The standard InChI is InChI=1S/C26H20BrFN2O4S/c1-15-19(25(32)33)7-4-8-21(15)29-26-30(2)24(31)23(35-26)13-16-9-10-22(20(27)12-16)34-14-17-5-3-6-18(28)11-17/h3-13H,14H2,1-2H3,(H,32,33)/b23-13-,29-26?. The summed E-state index contributed by atoms with van der Waals surface area (Å²) < 4.78 is 19.8. The van der Waals surface area contributed by atoms with E-state index in [1.807, 2.05) is 12.1 Å². The molecule has 1 aliphatic rings. The highest BCUT2D eigenvalue weighted by molar-refractivity contribution is 9.10. The van der Waals surface area contributed by atoms with Gasteiger partial charge in [0.25, 0.3) is 5.91 Å². The van der Waals surface area contributed by atoms with Crippen molar-refractivity contribution in [1.29, 1.82) is 0 Å². The van der Waals surface area contributed by atoms with E-state index in [1.165, 1.54) is 34.9 Å². The van der Waals surface area contributed by atoms with Crippen LogP contribution < -0.4 is 4.74 Å². The molecule has 0 bridgehead atoms. The van der Waals surface area contributed by atoms with Crippen molar-refractivity contribution in [2.24, 2.45) is 4.99 Å². The molecule has 0 atom stereocenters. The van der Waals surface area contributed by atoms with Crippen molar-refractivity contribution >= 4 is 56.5 Å². The van der Waals surface area contributed by atoms with E-state index in [0.29, 0.717) is 31.5 Å². The summed E-state index contributed by atoms with van der Waals surface area (Å²) in [7, 11) is 1.63. The van der Waals surface area contributed by atoms with Crippen molar-refractivity contribution in [3.05, 3.63) is 98.1 Å². The Balaban J connectivity index is 1.52. The number of carboxylic acids is 1. The Morgan fingerprint density at radius 2 is 1.97 bits per heavy atom. The van der Waals surface area contributed by atoms with E-state index in [2.05, 4.69) is 20.9 Å². The quantitative estimate of drug-likeness (QED) is 0.356. The molecule has 1 aliphatic heterocycles. The predicted octanol–water partition coefficient (Wildman–Crippen LogP) is 6.41. The molecule has 4 rings (SSSR count). The summed E-state index contributed by atoms with van der Waals surface area (Å²) in [6, 6.07) is 16.5. The minimum Gasteiger partial charge on any atom is -0.488 e. The van der Waals surface area contributed by atoms with Gasteiger partial charge in [-0.05, 0) is 93.8 Å². The molecule has 0 saturated carbocycles. The lowest BCUT2D eigenvalue weighted by Crippen LogP contribution is -2.23. The number of hydrogen-bond acceptors (Lipinski definition) is 5. The molecule has 1 heterocycles. The van der Waals surface area contributed by atoms with Crippen LogP contribution in [-0.4, -0.2) is 34.1 Å². The van der Waals surface area contributed by atoms with Gasteiger partial charge in [0.05, 0.1) is 20.6 Å². The molecular formula is C26H20BrFN2O4S. The van der Waals surface area contributed by atoms with Crippen molar-refractivity contribution in [1.82, 2.24) is 4.90 Å². The molecule has 3 aromatic rings. The summed E-state index contributed by atoms with van der Waals surface area (Å²) in [6.07, 6.45) is 1.76. The summed E-state index contributed by atoms with van der Waals surface area (Å²) in [5.74, 6) is -0.954. The second-order valence-electron chi connectivity index (χ2n) is 7.73. The van der Waals surface area contributed by atoms with Crippen LogP contribution in [0.15, 0.2) is 75.0 Å². The number of hydrogen-bond donors (Lipinski definition) is 1. The van der Waals surface area contributed by atoms with E-state index in [9.17, 15) is 19.1 Å². The van der Waals surface area contributed by atoms with Gasteiger partial charge in [-0.3, -0.25) is 9.69 Å². The van der Waals surface area contributed by atoms with Crippen LogP contribution in [0.5, 0.6) is 5.75 Å². The molecule has 1 amide bonds. The average molecular weight is 555 g/mol. The lowest BCUT2D eigenvalue weighted by molar-refractivity contribution is -0.121. The Morgan fingerprint density at radius 3 is 2.69 bits per heavy atom. The van der Waals surface area contributed by atoms with Crippen molar-refractivity contribution in [2.75, 3.05) is 7.05 Å². The minimum atomic E-state index is -1.03. The molecule has 6 nitrogen and oxygen atoms in total. The van der Waals surface area contributed by atoms with Gasteiger partial charge in [-0.15, -0.1) is 0 Å². The van der Waals surface area contributed by atoms with Crippen LogP contribution in [0, 0.1) is 12.7 Å². The third kappa shape index (κ3) is 5.63. The Labute approximate surface area is 214 Å². The van der Waals surface area contributed by atoms with Crippen LogP contribution in [0.25, 0.3) is 6.08 Å². The lowest BCUT2D eigenvalue weighted by Gasteiger charge is -2.09. The number of amides is 1. The van der Waals surface area contributed by atoms with Gasteiger partial charge < -0.3 is 9.84 Å². The van der Waals surface area contributed by atoms with Gasteiger partial charge in [-0.2, -0.15) is 0 Å². The van der Waals surface area contributed by atoms with Crippen LogP contribution >= 0.6 is 27.7 Å². The number of rotatable bonds is 6. The highest BCUT2D eigenvalue weighted by Gasteiger charge is 2.30. The van der Waals surface area contributed by atoms with Gasteiger partial charge in [0, 0.05) is 7.05 Å². The first-order valence-corrected chi connectivity index (χ1v) is 12.1.